The quantitative estimate of drug-likeness (QED) is 0.677. The number of nitrogens with zero attached hydrogens (tertiary/aromatic N) is 1. The lowest BCUT2D eigenvalue weighted by Crippen LogP contribution is -2.43. The number of carbonyl (C=O) groups is 3. The number of fused-ring (bicyclic) bond motifs is 1. The van der Waals surface area contributed by atoms with E-state index in [1.807, 2.05) is 0 Å². The van der Waals surface area contributed by atoms with E-state index in [1.165, 1.54) is 4.31 Å². The Bertz CT molecular complexity index is 1110. The molecule has 10 heteroatoms. The molecular weight excluding hydrogens is 408 g/mol. The summed E-state index contributed by atoms with van der Waals surface area (Å²) in [5.41, 5.74) is 1.74. The van der Waals surface area contributed by atoms with Gasteiger partial charge in [-0.2, -0.15) is 0 Å². The smallest absolute Gasteiger partial charge is 0.254 e. The maximum absolute atomic E-state index is 12.4. The molecule has 1 saturated heterocycles. The van der Waals surface area contributed by atoms with Gasteiger partial charge in [-0.05, 0) is 42.8 Å². The van der Waals surface area contributed by atoms with Gasteiger partial charge in [-0.1, -0.05) is 12.1 Å². The topological polar surface area (TPSA) is 125 Å². The van der Waals surface area contributed by atoms with Crippen LogP contribution in [-0.2, 0) is 19.6 Å². The summed E-state index contributed by atoms with van der Waals surface area (Å²) in [6.45, 7) is 0.437. The maximum atomic E-state index is 12.4. The zero-order chi connectivity index (χ0) is 21.3. The Morgan fingerprint density at radius 2 is 1.83 bits per heavy atom. The minimum absolute atomic E-state index is 0.129. The summed E-state index contributed by atoms with van der Waals surface area (Å²) in [6.07, 6.45) is 0.341. The first kappa shape index (κ1) is 19.9. The molecule has 2 heterocycles. The Labute approximate surface area is 173 Å². The van der Waals surface area contributed by atoms with Crippen LogP contribution in [0, 0.1) is 0 Å². The van der Waals surface area contributed by atoms with Crippen LogP contribution in [0.1, 0.15) is 23.2 Å². The van der Waals surface area contributed by atoms with Gasteiger partial charge < -0.3 is 16.0 Å². The summed E-state index contributed by atoms with van der Waals surface area (Å²) >= 11 is 0. The van der Waals surface area contributed by atoms with E-state index in [4.69, 9.17) is 0 Å². The minimum atomic E-state index is -3.27. The van der Waals surface area contributed by atoms with Crippen LogP contribution in [0.25, 0.3) is 0 Å². The Balaban J connectivity index is 1.40. The van der Waals surface area contributed by atoms with E-state index in [1.54, 1.807) is 48.5 Å². The van der Waals surface area contributed by atoms with Crippen molar-refractivity contribution < 1.29 is 22.8 Å². The van der Waals surface area contributed by atoms with Crippen LogP contribution in [0.2, 0.25) is 0 Å². The van der Waals surface area contributed by atoms with Gasteiger partial charge in [0.25, 0.3) is 5.91 Å². The molecule has 0 unspecified atom stereocenters. The second kappa shape index (κ2) is 7.79. The summed E-state index contributed by atoms with van der Waals surface area (Å²) in [5.74, 6) is -1.23. The molecule has 0 aliphatic carbocycles. The Morgan fingerprint density at radius 1 is 1.10 bits per heavy atom. The summed E-state index contributed by atoms with van der Waals surface area (Å²) in [7, 11) is -3.27. The number of benzene rings is 2. The van der Waals surface area contributed by atoms with E-state index >= 15 is 0 Å². The monoisotopic (exact) mass is 428 g/mol. The number of nitrogens with one attached hydrogen (secondary N) is 3. The molecular formula is C20H20N4O5S. The largest absolute Gasteiger partial charge is 0.340 e. The van der Waals surface area contributed by atoms with E-state index < -0.39 is 33.8 Å². The van der Waals surface area contributed by atoms with E-state index in [-0.39, 0.29) is 12.2 Å². The van der Waals surface area contributed by atoms with Crippen molar-refractivity contribution in [3.05, 3.63) is 54.1 Å². The van der Waals surface area contributed by atoms with Crippen molar-refractivity contribution in [1.29, 1.82) is 0 Å². The summed E-state index contributed by atoms with van der Waals surface area (Å²) < 4.78 is 25.3. The fraction of sp³-hybridized carbons (Fsp3) is 0.250. The average Bonchev–Trinajstić information content (AvgIpc) is 3.01. The molecule has 0 spiro atoms. The molecule has 2 aliphatic heterocycles. The predicted octanol–water partition coefficient (Wildman–Crippen LogP) is 1.31. The SMILES string of the molecule is O=C(C[C@@H]1NC(=O)c2ccccc2NC1=O)Nc1ccc(N2CCCS2(=O)=O)cc1. The van der Waals surface area contributed by atoms with E-state index in [2.05, 4.69) is 16.0 Å². The van der Waals surface area contributed by atoms with E-state index in [0.29, 0.717) is 35.6 Å². The van der Waals surface area contributed by atoms with Crippen molar-refractivity contribution in [3.8, 4) is 0 Å². The predicted molar refractivity (Wildman–Crippen MR) is 112 cm³/mol. The van der Waals surface area contributed by atoms with Gasteiger partial charge >= 0.3 is 0 Å². The number of carbonyl (C=O) groups excluding carboxylic acids is 3. The molecule has 3 amide bonds. The van der Waals surface area contributed by atoms with Crippen molar-refractivity contribution in [3.63, 3.8) is 0 Å². The molecule has 0 saturated carbocycles. The minimum Gasteiger partial charge on any atom is -0.340 e. The third-order valence-electron chi connectivity index (χ3n) is 4.98. The van der Waals surface area contributed by atoms with Crippen LogP contribution < -0.4 is 20.3 Å². The molecule has 0 aromatic heterocycles. The van der Waals surface area contributed by atoms with Gasteiger partial charge in [0.1, 0.15) is 6.04 Å². The van der Waals surface area contributed by atoms with E-state index in [9.17, 15) is 22.8 Å². The third kappa shape index (κ3) is 3.99. The maximum Gasteiger partial charge on any atom is 0.254 e. The molecule has 1 atom stereocenters. The summed E-state index contributed by atoms with van der Waals surface area (Å²) in [5, 5.41) is 7.89. The summed E-state index contributed by atoms with van der Waals surface area (Å²) in [6, 6.07) is 12.0. The molecule has 2 aliphatic rings. The van der Waals surface area contributed by atoms with Gasteiger partial charge in [0.2, 0.25) is 21.8 Å². The first-order valence-corrected chi connectivity index (χ1v) is 11.1. The highest BCUT2D eigenvalue weighted by molar-refractivity contribution is 7.93. The van der Waals surface area contributed by atoms with Gasteiger partial charge in [0.05, 0.1) is 29.1 Å². The van der Waals surface area contributed by atoms with Gasteiger partial charge in [0.15, 0.2) is 0 Å². The van der Waals surface area contributed by atoms with Gasteiger partial charge in [-0.3, -0.25) is 18.7 Å². The Morgan fingerprint density at radius 3 is 2.53 bits per heavy atom. The van der Waals surface area contributed by atoms with Crippen LogP contribution >= 0.6 is 0 Å². The highest BCUT2D eigenvalue weighted by Crippen LogP contribution is 2.25. The molecule has 0 bridgehead atoms. The molecule has 2 aromatic carbocycles. The van der Waals surface area contributed by atoms with Gasteiger partial charge in [-0.25, -0.2) is 8.42 Å². The molecule has 156 valence electrons. The Hall–Kier alpha value is -3.40. The number of rotatable bonds is 4. The summed E-state index contributed by atoms with van der Waals surface area (Å²) in [4.78, 5) is 37.1. The van der Waals surface area contributed by atoms with Crippen LogP contribution in [0.3, 0.4) is 0 Å². The standard InChI is InChI=1S/C20H20N4O5S/c25-18(12-17-20(27)22-16-5-2-1-4-15(16)19(26)23-17)21-13-6-8-14(9-7-13)24-10-3-11-30(24,28)29/h1-2,4-9,17H,3,10-12H2,(H,21,25)(H,22,27)(H,23,26)/t17-/m0/s1. The zero-order valence-corrected chi connectivity index (χ0v) is 16.7. The van der Waals surface area contributed by atoms with Crippen LogP contribution in [-0.4, -0.2) is 44.5 Å². The van der Waals surface area contributed by atoms with Crippen LogP contribution in [0.5, 0.6) is 0 Å². The third-order valence-corrected chi connectivity index (χ3v) is 6.85. The fourth-order valence-electron chi connectivity index (χ4n) is 3.49. The van der Waals surface area contributed by atoms with Crippen LogP contribution in [0.4, 0.5) is 17.1 Å². The van der Waals surface area contributed by atoms with Crippen molar-refractivity contribution in [1.82, 2.24) is 5.32 Å². The number of hydrogen-bond acceptors (Lipinski definition) is 5. The fourth-order valence-corrected chi connectivity index (χ4v) is 5.06. The normalized spacial score (nSPS) is 20.0. The lowest BCUT2D eigenvalue weighted by molar-refractivity contribution is -0.122. The number of hydrogen-bond donors (Lipinski definition) is 3. The zero-order valence-electron chi connectivity index (χ0n) is 15.9. The highest BCUT2D eigenvalue weighted by Gasteiger charge is 2.30. The number of para-hydroxylation sites is 1. The van der Waals surface area contributed by atoms with Crippen molar-refractivity contribution in [2.24, 2.45) is 0 Å². The second-order valence-corrected chi connectivity index (χ2v) is 9.11. The molecule has 4 rings (SSSR count). The van der Waals surface area contributed by atoms with Crippen molar-refractivity contribution >= 4 is 44.8 Å². The van der Waals surface area contributed by atoms with Gasteiger partial charge in [-0.15, -0.1) is 0 Å². The van der Waals surface area contributed by atoms with Crippen LogP contribution in [0.15, 0.2) is 48.5 Å². The first-order chi connectivity index (χ1) is 14.3. The van der Waals surface area contributed by atoms with Crippen molar-refractivity contribution in [2.45, 2.75) is 18.9 Å². The lowest BCUT2D eigenvalue weighted by Gasteiger charge is -2.17. The van der Waals surface area contributed by atoms with Crippen molar-refractivity contribution in [2.75, 3.05) is 27.2 Å². The number of amides is 3. The molecule has 2 aromatic rings. The highest BCUT2D eigenvalue weighted by atomic mass is 32.2. The number of sulfonamides is 1. The van der Waals surface area contributed by atoms with E-state index in [0.717, 1.165) is 0 Å². The lowest BCUT2D eigenvalue weighted by atomic mass is 10.1. The molecule has 30 heavy (non-hydrogen) atoms. The second-order valence-electron chi connectivity index (χ2n) is 7.10. The van der Waals surface area contributed by atoms with Gasteiger partial charge in [0, 0.05) is 12.2 Å². The molecule has 9 nitrogen and oxygen atoms in total. The Kier molecular flexibility index (Phi) is 5.17. The molecule has 1 fully saturated rings. The average molecular weight is 428 g/mol. The number of anilines is 3. The molecule has 3 N–H and O–H groups in total. The first-order valence-electron chi connectivity index (χ1n) is 9.44. The molecule has 0 radical (unpaired) electrons.